The van der Waals surface area contributed by atoms with Crippen molar-refractivity contribution < 1.29 is 9.53 Å². The van der Waals surface area contributed by atoms with Crippen LogP contribution in [0.4, 0.5) is 0 Å². The number of nitrogens with one attached hydrogen (secondary N) is 2. The van der Waals surface area contributed by atoms with Crippen LogP contribution >= 0.6 is 0 Å². The molecule has 0 unspecified atom stereocenters. The highest BCUT2D eigenvalue weighted by Gasteiger charge is 2.30. The van der Waals surface area contributed by atoms with Gasteiger partial charge in [-0.1, -0.05) is 0 Å². The van der Waals surface area contributed by atoms with Crippen molar-refractivity contribution in [1.82, 2.24) is 25.3 Å². The van der Waals surface area contributed by atoms with Crippen molar-refractivity contribution in [2.75, 3.05) is 13.2 Å². The highest BCUT2D eigenvalue weighted by Crippen LogP contribution is 2.32. The standard InChI is InChI=1S/C16H23N5O2/c1-10-11(2)19-20-14(10)16(22)17-9-12-5-4-8-23-15(12)13-6-7-18-21(13)3/h6-7,12,15H,4-5,8-9H2,1-3H3,(H,17,22)(H,19,20)/t12-,15+/m0/s1. The Morgan fingerprint density at radius 1 is 1.52 bits per heavy atom. The van der Waals surface area contributed by atoms with Crippen LogP contribution in [-0.4, -0.2) is 39.0 Å². The van der Waals surface area contributed by atoms with E-state index >= 15 is 0 Å². The molecule has 7 nitrogen and oxygen atoms in total. The predicted octanol–water partition coefficient (Wildman–Crippen LogP) is 1.66. The highest BCUT2D eigenvalue weighted by atomic mass is 16.5. The predicted molar refractivity (Wildman–Crippen MR) is 85.0 cm³/mol. The number of hydrogen-bond donors (Lipinski definition) is 2. The first kappa shape index (κ1) is 15.7. The molecule has 0 radical (unpaired) electrons. The Kier molecular flexibility index (Phi) is 4.47. The van der Waals surface area contributed by atoms with Crippen LogP contribution in [-0.2, 0) is 11.8 Å². The molecule has 1 amide bonds. The summed E-state index contributed by atoms with van der Waals surface area (Å²) < 4.78 is 7.79. The third-order valence-corrected chi connectivity index (χ3v) is 4.59. The average Bonchev–Trinajstić information content (AvgIpc) is 3.12. The number of aromatic nitrogens is 4. The van der Waals surface area contributed by atoms with Gasteiger partial charge < -0.3 is 10.1 Å². The molecule has 0 spiro atoms. The van der Waals surface area contributed by atoms with Crippen molar-refractivity contribution in [3.05, 3.63) is 34.9 Å². The summed E-state index contributed by atoms with van der Waals surface area (Å²) in [6.45, 7) is 5.13. The summed E-state index contributed by atoms with van der Waals surface area (Å²) in [6, 6.07) is 1.98. The summed E-state index contributed by atoms with van der Waals surface area (Å²) in [7, 11) is 1.92. The van der Waals surface area contributed by atoms with Gasteiger partial charge in [0.25, 0.3) is 5.91 Å². The first-order chi connectivity index (χ1) is 11.1. The van der Waals surface area contributed by atoms with E-state index in [9.17, 15) is 4.79 Å². The summed E-state index contributed by atoms with van der Waals surface area (Å²) in [6.07, 6.45) is 3.78. The zero-order chi connectivity index (χ0) is 16.4. The Bertz CT molecular complexity index is 690. The highest BCUT2D eigenvalue weighted by molar-refractivity contribution is 5.93. The molecule has 2 atom stereocenters. The molecule has 1 saturated heterocycles. The number of carbonyl (C=O) groups excluding carboxylic acids is 1. The maximum atomic E-state index is 12.3. The number of H-pyrrole nitrogens is 1. The number of carbonyl (C=O) groups is 1. The van der Waals surface area contributed by atoms with Crippen molar-refractivity contribution in [2.45, 2.75) is 32.8 Å². The number of nitrogens with zero attached hydrogens (tertiary/aromatic N) is 3. The molecule has 3 rings (SSSR count). The van der Waals surface area contributed by atoms with Gasteiger partial charge in [-0.2, -0.15) is 10.2 Å². The summed E-state index contributed by atoms with van der Waals surface area (Å²) in [5, 5.41) is 14.1. The molecular formula is C16H23N5O2. The second-order valence-corrected chi connectivity index (χ2v) is 6.11. The van der Waals surface area contributed by atoms with Crippen molar-refractivity contribution >= 4 is 5.91 Å². The molecule has 0 bridgehead atoms. The van der Waals surface area contributed by atoms with Gasteiger partial charge in [-0.3, -0.25) is 14.6 Å². The Labute approximate surface area is 135 Å². The largest absolute Gasteiger partial charge is 0.372 e. The molecule has 0 aliphatic carbocycles. The molecular weight excluding hydrogens is 294 g/mol. The van der Waals surface area contributed by atoms with Crippen molar-refractivity contribution in [3.63, 3.8) is 0 Å². The fraction of sp³-hybridized carbons (Fsp3) is 0.562. The van der Waals surface area contributed by atoms with Crippen LogP contribution in [0.15, 0.2) is 12.3 Å². The zero-order valence-electron chi connectivity index (χ0n) is 13.8. The quantitative estimate of drug-likeness (QED) is 0.898. The van der Waals surface area contributed by atoms with Gasteiger partial charge >= 0.3 is 0 Å². The molecule has 7 heteroatoms. The Morgan fingerprint density at radius 2 is 2.35 bits per heavy atom. The average molecular weight is 317 g/mol. The van der Waals surface area contributed by atoms with Crippen LogP contribution in [0, 0.1) is 19.8 Å². The second kappa shape index (κ2) is 6.54. The Morgan fingerprint density at radius 3 is 3.00 bits per heavy atom. The molecule has 2 aromatic rings. The minimum Gasteiger partial charge on any atom is -0.372 e. The van der Waals surface area contributed by atoms with E-state index in [1.807, 2.05) is 31.6 Å². The smallest absolute Gasteiger partial charge is 0.272 e. The summed E-state index contributed by atoms with van der Waals surface area (Å²) in [5.74, 6) is 0.102. The van der Waals surface area contributed by atoms with E-state index in [1.165, 1.54) is 0 Å². The lowest BCUT2D eigenvalue weighted by Gasteiger charge is -2.31. The van der Waals surface area contributed by atoms with E-state index in [1.54, 1.807) is 6.20 Å². The lowest BCUT2D eigenvalue weighted by atomic mass is 9.92. The molecule has 23 heavy (non-hydrogen) atoms. The summed E-state index contributed by atoms with van der Waals surface area (Å²) in [5.41, 5.74) is 3.33. The molecule has 2 aromatic heterocycles. The van der Waals surface area contributed by atoms with Crippen molar-refractivity contribution in [1.29, 1.82) is 0 Å². The van der Waals surface area contributed by atoms with E-state index in [-0.39, 0.29) is 17.9 Å². The number of aryl methyl sites for hydroxylation is 2. The maximum absolute atomic E-state index is 12.3. The molecule has 1 aliphatic heterocycles. The first-order valence-electron chi connectivity index (χ1n) is 7.97. The molecule has 0 aromatic carbocycles. The van der Waals surface area contributed by atoms with Crippen LogP contribution in [0.25, 0.3) is 0 Å². The van der Waals surface area contributed by atoms with Crippen LogP contribution < -0.4 is 5.32 Å². The van der Waals surface area contributed by atoms with Gasteiger partial charge in [0.15, 0.2) is 5.69 Å². The van der Waals surface area contributed by atoms with Crippen molar-refractivity contribution in [3.8, 4) is 0 Å². The van der Waals surface area contributed by atoms with Gasteiger partial charge in [-0.05, 0) is 32.8 Å². The SMILES string of the molecule is Cc1[nH]nc(C(=O)NC[C@@H]2CCCO[C@H]2c2ccnn2C)c1C. The number of amides is 1. The molecule has 1 fully saturated rings. The van der Waals surface area contributed by atoms with E-state index in [0.29, 0.717) is 12.2 Å². The maximum Gasteiger partial charge on any atom is 0.272 e. The van der Waals surface area contributed by atoms with Gasteiger partial charge in [-0.25, -0.2) is 0 Å². The van der Waals surface area contributed by atoms with Gasteiger partial charge in [-0.15, -0.1) is 0 Å². The second-order valence-electron chi connectivity index (χ2n) is 6.11. The normalized spacial score (nSPS) is 21.3. The van der Waals surface area contributed by atoms with Gasteiger partial charge in [0, 0.05) is 43.6 Å². The summed E-state index contributed by atoms with van der Waals surface area (Å²) >= 11 is 0. The summed E-state index contributed by atoms with van der Waals surface area (Å²) in [4.78, 5) is 12.3. The van der Waals surface area contributed by atoms with Crippen LogP contribution in [0.5, 0.6) is 0 Å². The van der Waals surface area contributed by atoms with E-state index in [4.69, 9.17) is 4.74 Å². The van der Waals surface area contributed by atoms with Crippen LogP contribution in [0.3, 0.4) is 0 Å². The Hall–Kier alpha value is -2.15. The first-order valence-corrected chi connectivity index (χ1v) is 7.97. The van der Waals surface area contributed by atoms with Crippen molar-refractivity contribution in [2.24, 2.45) is 13.0 Å². The van der Waals surface area contributed by atoms with E-state index < -0.39 is 0 Å². The minimum atomic E-state index is -0.138. The Balaban J connectivity index is 1.67. The number of ether oxygens (including phenoxy) is 1. The molecule has 124 valence electrons. The van der Waals surface area contributed by atoms with E-state index in [0.717, 1.165) is 36.4 Å². The van der Waals surface area contributed by atoms with Gasteiger partial charge in [0.05, 0.1) is 5.69 Å². The topological polar surface area (TPSA) is 84.8 Å². The third-order valence-electron chi connectivity index (χ3n) is 4.59. The van der Waals surface area contributed by atoms with Crippen LogP contribution in [0.1, 0.15) is 46.4 Å². The molecule has 2 N–H and O–H groups in total. The molecule has 0 saturated carbocycles. The van der Waals surface area contributed by atoms with Gasteiger partial charge in [0.1, 0.15) is 6.10 Å². The fourth-order valence-corrected chi connectivity index (χ4v) is 3.06. The fourth-order valence-electron chi connectivity index (χ4n) is 3.06. The minimum absolute atomic E-state index is 0.0291. The number of hydrogen-bond acceptors (Lipinski definition) is 4. The third kappa shape index (κ3) is 3.14. The lowest BCUT2D eigenvalue weighted by Crippen LogP contribution is -2.36. The number of aromatic amines is 1. The molecule has 3 heterocycles. The monoisotopic (exact) mass is 317 g/mol. The molecule has 1 aliphatic rings. The lowest BCUT2D eigenvalue weighted by molar-refractivity contribution is -0.0317. The van der Waals surface area contributed by atoms with Gasteiger partial charge in [0.2, 0.25) is 0 Å². The number of rotatable bonds is 4. The van der Waals surface area contributed by atoms with E-state index in [2.05, 4.69) is 20.6 Å². The zero-order valence-corrected chi connectivity index (χ0v) is 13.8. The van der Waals surface area contributed by atoms with Crippen LogP contribution in [0.2, 0.25) is 0 Å².